The van der Waals surface area contributed by atoms with E-state index in [4.69, 9.17) is 0 Å². The van der Waals surface area contributed by atoms with Gasteiger partial charge in [-0.05, 0) is 45.4 Å². The molecule has 0 aromatic heterocycles. The van der Waals surface area contributed by atoms with E-state index in [0.717, 1.165) is 12.8 Å². The van der Waals surface area contributed by atoms with Gasteiger partial charge in [-0.3, -0.25) is 4.79 Å². The molecule has 106 valence electrons. The van der Waals surface area contributed by atoms with Gasteiger partial charge in [-0.2, -0.15) is 0 Å². The van der Waals surface area contributed by atoms with Crippen LogP contribution in [0, 0.1) is 11.8 Å². The Kier molecular flexibility index (Phi) is 6.09. The number of hydrogen-bond acceptors (Lipinski definition) is 3. The fourth-order valence-electron chi connectivity index (χ4n) is 2.45. The van der Waals surface area contributed by atoms with Crippen molar-refractivity contribution in [1.82, 2.24) is 10.6 Å². The summed E-state index contributed by atoms with van der Waals surface area (Å²) in [5.41, 5.74) is -0.0319. The van der Waals surface area contributed by atoms with E-state index in [2.05, 4.69) is 10.6 Å². The zero-order valence-electron chi connectivity index (χ0n) is 12.0. The van der Waals surface area contributed by atoms with Crippen molar-refractivity contribution in [3.05, 3.63) is 0 Å². The van der Waals surface area contributed by atoms with Crippen LogP contribution < -0.4 is 10.6 Å². The average Bonchev–Trinajstić information content (AvgIpc) is 2.33. The van der Waals surface area contributed by atoms with Gasteiger partial charge >= 0.3 is 0 Å². The molecule has 4 heteroatoms. The number of carbonyl (C=O) groups excluding carboxylic acids is 1. The molecule has 4 nitrogen and oxygen atoms in total. The molecule has 1 aliphatic carbocycles. The summed E-state index contributed by atoms with van der Waals surface area (Å²) in [6, 6.07) is 0. The second-order valence-electron chi connectivity index (χ2n) is 6.39. The zero-order chi connectivity index (χ0) is 13.6. The fraction of sp³-hybridized carbons (Fsp3) is 0.929. The second-order valence-corrected chi connectivity index (χ2v) is 6.39. The van der Waals surface area contributed by atoms with Gasteiger partial charge in [0.05, 0.1) is 6.54 Å². The molecule has 0 radical (unpaired) electrons. The highest BCUT2D eigenvalue weighted by Gasteiger charge is 2.24. The van der Waals surface area contributed by atoms with E-state index in [1.807, 2.05) is 20.8 Å². The number of aliphatic hydroxyl groups is 1. The maximum absolute atomic E-state index is 11.7. The van der Waals surface area contributed by atoms with E-state index in [9.17, 15) is 9.90 Å². The Morgan fingerprint density at radius 3 is 2.39 bits per heavy atom. The molecule has 0 heterocycles. The summed E-state index contributed by atoms with van der Waals surface area (Å²) in [6.45, 7) is 7.45. The first kappa shape index (κ1) is 15.4. The van der Waals surface area contributed by atoms with Crippen LogP contribution >= 0.6 is 0 Å². The normalized spacial score (nSPS) is 24.9. The summed E-state index contributed by atoms with van der Waals surface area (Å²) in [6.07, 6.45) is 4.65. The van der Waals surface area contributed by atoms with Crippen molar-refractivity contribution in [2.75, 3.05) is 19.7 Å². The maximum atomic E-state index is 11.7. The van der Waals surface area contributed by atoms with Crippen molar-refractivity contribution in [2.45, 2.75) is 52.0 Å². The minimum atomic E-state index is -0.0319. The number of amides is 1. The predicted octanol–water partition coefficient (Wildman–Crippen LogP) is 1.29. The first-order valence-corrected chi connectivity index (χ1v) is 7.05. The predicted molar refractivity (Wildman–Crippen MR) is 73.3 cm³/mol. The first-order valence-electron chi connectivity index (χ1n) is 7.05. The van der Waals surface area contributed by atoms with Crippen LogP contribution in [-0.4, -0.2) is 36.2 Å². The average molecular weight is 256 g/mol. The van der Waals surface area contributed by atoms with Crippen molar-refractivity contribution >= 4 is 5.91 Å². The monoisotopic (exact) mass is 256 g/mol. The summed E-state index contributed by atoms with van der Waals surface area (Å²) in [4.78, 5) is 11.7. The van der Waals surface area contributed by atoms with Crippen LogP contribution in [0.25, 0.3) is 0 Å². The molecular weight excluding hydrogens is 228 g/mol. The van der Waals surface area contributed by atoms with Crippen molar-refractivity contribution in [3.8, 4) is 0 Å². The smallest absolute Gasteiger partial charge is 0.233 e. The Balaban J connectivity index is 2.24. The molecule has 0 aliphatic heterocycles. The summed E-state index contributed by atoms with van der Waals surface area (Å²) < 4.78 is 0. The van der Waals surface area contributed by atoms with E-state index in [1.165, 1.54) is 12.8 Å². The quantitative estimate of drug-likeness (QED) is 0.694. The molecule has 2 atom stereocenters. The Hall–Kier alpha value is -0.610. The lowest BCUT2D eigenvalue weighted by Crippen LogP contribution is -2.45. The summed E-state index contributed by atoms with van der Waals surface area (Å²) >= 11 is 0. The third-order valence-corrected chi connectivity index (χ3v) is 3.64. The number of nitrogens with one attached hydrogen (secondary N) is 2. The minimum Gasteiger partial charge on any atom is -0.396 e. The minimum absolute atomic E-state index is 0.0319. The lowest BCUT2D eigenvalue weighted by Gasteiger charge is -2.30. The molecule has 0 saturated heterocycles. The molecule has 1 rings (SSSR count). The van der Waals surface area contributed by atoms with Gasteiger partial charge in [-0.25, -0.2) is 0 Å². The van der Waals surface area contributed by atoms with E-state index in [-0.39, 0.29) is 18.1 Å². The van der Waals surface area contributed by atoms with Crippen molar-refractivity contribution in [3.63, 3.8) is 0 Å². The van der Waals surface area contributed by atoms with Crippen LogP contribution in [0.3, 0.4) is 0 Å². The van der Waals surface area contributed by atoms with Crippen molar-refractivity contribution in [1.29, 1.82) is 0 Å². The molecule has 0 bridgehead atoms. The van der Waals surface area contributed by atoms with E-state index in [0.29, 0.717) is 24.9 Å². The molecule has 0 aromatic rings. The molecular formula is C14H28N2O2. The van der Waals surface area contributed by atoms with Crippen LogP contribution in [-0.2, 0) is 4.79 Å². The van der Waals surface area contributed by atoms with Gasteiger partial charge in [0.15, 0.2) is 0 Å². The highest BCUT2D eigenvalue weighted by atomic mass is 16.3. The third-order valence-electron chi connectivity index (χ3n) is 3.64. The standard InChI is InChI=1S/C14H28N2O2/c1-14(2,3)16-9-13(18)15-8-11-6-4-5-7-12(11)10-17/h11-12,16-17H,4-10H2,1-3H3,(H,15,18). The summed E-state index contributed by atoms with van der Waals surface area (Å²) in [7, 11) is 0. The lowest BCUT2D eigenvalue weighted by atomic mass is 9.79. The molecule has 1 saturated carbocycles. The van der Waals surface area contributed by atoms with Gasteiger partial charge in [-0.1, -0.05) is 12.8 Å². The first-order chi connectivity index (χ1) is 8.42. The molecule has 3 N–H and O–H groups in total. The van der Waals surface area contributed by atoms with Crippen molar-refractivity contribution < 1.29 is 9.90 Å². The Bertz CT molecular complexity index is 261. The summed E-state index contributed by atoms with van der Waals surface area (Å²) in [5.74, 6) is 0.865. The largest absolute Gasteiger partial charge is 0.396 e. The fourth-order valence-corrected chi connectivity index (χ4v) is 2.45. The summed E-state index contributed by atoms with van der Waals surface area (Å²) in [5, 5.41) is 15.5. The van der Waals surface area contributed by atoms with E-state index < -0.39 is 0 Å². The van der Waals surface area contributed by atoms with E-state index in [1.54, 1.807) is 0 Å². The Morgan fingerprint density at radius 2 is 1.83 bits per heavy atom. The van der Waals surface area contributed by atoms with Crippen molar-refractivity contribution in [2.24, 2.45) is 11.8 Å². The number of rotatable bonds is 5. The molecule has 1 fully saturated rings. The molecule has 2 unspecified atom stereocenters. The van der Waals surface area contributed by atoms with Gasteiger partial charge in [0, 0.05) is 18.7 Å². The Labute approximate surface area is 111 Å². The molecule has 1 amide bonds. The zero-order valence-corrected chi connectivity index (χ0v) is 12.0. The van der Waals surface area contributed by atoms with Crippen LogP contribution in [0.2, 0.25) is 0 Å². The van der Waals surface area contributed by atoms with Gasteiger partial charge in [0.1, 0.15) is 0 Å². The number of aliphatic hydroxyl groups excluding tert-OH is 1. The van der Waals surface area contributed by atoms with Gasteiger partial charge in [-0.15, -0.1) is 0 Å². The maximum Gasteiger partial charge on any atom is 0.233 e. The number of carbonyl (C=O) groups is 1. The Morgan fingerprint density at radius 1 is 1.22 bits per heavy atom. The highest BCUT2D eigenvalue weighted by molar-refractivity contribution is 5.78. The van der Waals surface area contributed by atoms with Crippen LogP contribution in [0.4, 0.5) is 0 Å². The third kappa shape index (κ3) is 5.83. The van der Waals surface area contributed by atoms with Crippen LogP contribution in [0.15, 0.2) is 0 Å². The van der Waals surface area contributed by atoms with Crippen LogP contribution in [0.1, 0.15) is 46.5 Å². The van der Waals surface area contributed by atoms with Gasteiger partial charge in [0.25, 0.3) is 0 Å². The van der Waals surface area contributed by atoms with E-state index >= 15 is 0 Å². The molecule has 1 aliphatic rings. The van der Waals surface area contributed by atoms with Gasteiger partial charge < -0.3 is 15.7 Å². The van der Waals surface area contributed by atoms with Gasteiger partial charge in [0.2, 0.25) is 5.91 Å². The second kappa shape index (κ2) is 7.10. The molecule has 0 spiro atoms. The molecule has 0 aromatic carbocycles. The lowest BCUT2D eigenvalue weighted by molar-refractivity contribution is -0.120. The highest BCUT2D eigenvalue weighted by Crippen LogP contribution is 2.28. The molecule has 18 heavy (non-hydrogen) atoms. The topological polar surface area (TPSA) is 61.4 Å². The van der Waals surface area contributed by atoms with Crippen LogP contribution in [0.5, 0.6) is 0 Å². The SMILES string of the molecule is CC(C)(C)NCC(=O)NCC1CCCCC1CO. The number of hydrogen-bond donors (Lipinski definition) is 3.